The van der Waals surface area contributed by atoms with Crippen molar-refractivity contribution in [3.8, 4) is 17.3 Å². The summed E-state index contributed by atoms with van der Waals surface area (Å²) in [7, 11) is 0. The SMILES string of the molecule is CC(=O)Nc1ccc(-n2cccc2-c2nonc2NCc2ccccc2)o1. The first-order chi connectivity index (χ1) is 13.2. The monoisotopic (exact) mass is 363 g/mol. The van der Waals surface area contributed by atoms with E-state index in [9.17, 15) is 4.79 Å². The number of hydrogen-bond donors (Lipinski definition) is 2. The summed E-state index contributed by atoms with van der Waals surface area (Å²) in [4.78, 5) is 11.2. The topological polar surface area (TPSA) is 98.1 Å². The van der Waals surface area contributed by atoms with Crippen LogP contribution in [0.15, 0.2) is 69.8 Å². The molecular formula is C19H17N5O3. The molecule has 3 heterocycles. The highest BCUT2D eigenvalue weighted by atomic mass is 16.6. The molecule has 27 heavy (non-hydrogen) atoms. The van der Waals surface area contributed by atoms with Crippen molar-refractivity contribution in [1.82, 2.24) is 14.9 Å². The van der Waals surface area contributed by atoms with E-state index in [4.69, 9.17) is 9.05 Å². The number of amides is 1. The van der Waals surface area contributed by atoms with Gasteiger partial charge in [0.2, 0.25) is 23.5 Å². The Bertz CT molecular complexity index is 1050. The first-order valence-corrected chi connectivity index (χ1v) is 8.36. The molecule has 0 aliphatic heterocycles. The van der Waals surface area contributed by atoms with Crippen molar-refractivity contribution in [3.63, 3.8) is 0 Å². The lowest BCUT2D eigenvalue weighted by molar-refractivity contribution is -0.114. The zero-order valence-corrected chi connectivity index (χ0v) is 14.5. The molecule has 4 rings (SSSR count). The Balaban J connectivity index is 1.59. The number of carbonyl (C=O) groups excluding carboxylic acids is 1. The van der Waals surface area contributed by atoms with Gasteiger partial charge in [-0.15, -0.1) is 0 Å². The third-order valence-electron chi connectivity index (χ3n) is 3.91. The van der Waals surface area contributed by atoms with Crippen LogP contribution in [-0.2, 0) is 11.3 Å². The van der Waals surface area contributed by atoms with Gasteiger partial charge in [-0.05, 0) is 28.0 Å². The van der Waals surface area contributed by atoms with Crippen LogP contribution in [0.3, 0.4) is 0 Å². The minimum atomic E-state index is -0.197. The molecule has 0 spiro atoms. The molecule has 136 valence electrons. The van der Waals surface area contributed by atoms with E-state index < -0.39 is 0 Å². The van der Waals surface area contributed by atoms with Crippen LogP contribution in [0.2, 0.25) is 0 Å². The summed E-state index contributed by atoms with van der Waals surface area (Å²) >= 11 is 0. The largest absolute Gasteiger partial charge is 0.424 e. The van der Waals surface area contributed by atoms with Crippen molar-refractivity contribution >= 4 is 17.6 Å². The lowest BCUT2D eigenvalue weighted by Gasteiger charge is -2.06. The molecule has 0 unspecified atom stereocenters. The smallest absolute Gasteiger partial charge is 0.223 e. The van der Waals surface area contributed by atoms with Crippen LogP contribution in [0.4, 0.5) is 11.7 Å². The van der Waals surface area contributed by atoms with Crippen LogP contribution in [-0.4, -0.2) is 20.8 Å². The molecule has 0 radical (unpaired) electrons. The fourth-order valence-electron chi connectivity index (χ4n) is 2.72. The van der Waals surface area contributed by atoms with Gasteiger partial charge in [0.05, 0.1) is 5.69 Å². The number of carbonyl (C=O) groups is 1. The molecule has 3 aromatic heterocycles. The van der Waals surface area contributed by atoms with Crippen molar-refractivity contribution in [2.45, 2.75) is 13.5 Å². The number of rotatable bonds is 6. The Morgan fingerprint density at radius 1 is 1.07 bits per heavy atom. The van der Waals surface area contributed by atoms with Gasteiger partial charge in [-0.2, -0.15) is 0 Å². The van der Waals surface area contributed by atoms with Gasteiger partial charge in [0.25, 0.3) is 0 Å². The molecule has 8 heteroatoms. The Kier molecular flexibility index (Phi) is 4.44. The first kappa shape index (κ1) is 16.6. The van der Waals surface area contributed by atoms with Gasteiger partial charge in [0.15, 0.2) is 5.69 Å². The lowest BCUT2D eigenvalue weighted by atomic mass is 10.2. The van der Waals surface area contributed by atoms with Gasteiger partial charge in [-0.25, -0.2) is 4.63 Å². The summed E-state index contributed by atoms with van der Waals surface area (Å²) in [5.41, 5.74) is 2.43. The normalized spacial score (nSPS) is 10.7. The van der Waals surface area contributed by atoms with Gasteiger partial charge in [0, 0.05) is 31.8 Å². The lowest BCUT2D eigenvalue weighted by Crippen LogP contribution is -2.04. The quantitative estimate of drug-likeness (QED) is 0.542. The third kappa shape index (κ3) is 3.59. The highest BCUT2D eigenvalue weighted by molar-refractivity contribution is 5.87. The van der Waals surface area contributed by atoms with Crippen molar-refractivity contribution in [2.24, 2.45) is 0 Å². The predicted octanol–water partition coefficient (Wildman–Crippen LogP) is 3.69. The van der Waals surface area contributed by atoms with Gasteiger partial charge in [0.1, 0.15) is 0 Å². The van der Waals surface area contributed by atoms with Gasteiger partial charge >= 0.3 is 0 Å². The average Bonchev–Trinajstić information content (AvgIpc) is 3.40. The van der Waals surface area contributed by atoms with Gasteiger partial charge in [-0.3, -0.25) is 14.7 Å². The van der Waals surface area contributed by atoms with Crippen molar-refractivity contribution in [1.29, 1.82) is 0 Å². The number of anilines is 2. The van der Waals surface area contributed by atoms with E-state index in [2.05, 4.69) is 20.9 Å². The second-order valence-corrected chi connectivity index (χ2v) is 5.88. The summed E-state index contributed by atoms with van der Waals surface area (Å²) in [6.45, 7) is 2.02. The van der Waals surface area contributed by atoms with E-state index in [0.29, 0.717) is 29.8 Å². The zero-order chi connectivity index (χ0) is 18.6. The predicted molar refractivity (Wildman–Crippen MR) is 99.4 cm³/mol. The molecule has 0 aliphatic rings. The molecule has 4 aromatic rings. The number of nitrogens with zero attached hydrogens (tertiary/aromatic N) is 3. The summed E-state index contributed by atoms with van der Waals surface area (Å²) in [6.07, 6.45) is 1.83. The Morgan fingerprint density at radius 3 is 2.74 bits per heavy atom. The standard InChI is InChI=1S/C19H17N5O3/c1-13(25)21-16-9-10-17(26-16)24-11-5-8-15(24)18-19(23-27-22-18)20-12-14-6-3-2-4-7-14/h2-11H,12H2,1H3,(H,20,23)(H,21,25). The molecule has 0 bridgehead atoms. The maximum atomic E-state index is 11.2. The molecular weight excluding hydrogens is 346 g/mol. The zero-order valence-electron chi connectivity index (χ0n) is 14.5. The highest BCUT2D eigenvalue weighted by Crippen LogP contribution is 2.29. The molecule has 8 nitrogen and oxygen atoms in total. The fraction of sp³-hybridized carbons (Fsp3) is 0.105. The maximum Gasteiger partial charge on any atom is 0.223 e. The van der Waals surface area contributed by atoms with Crippen LogP contribution in [0.25, 0.3) is 17.3 Å². The highest BCUT2D eigenvalue weighted by Gasteiger charge is 2.18. The van der Waals surface area contributed by atoms with E-state index in [1.54, 1.807) is 16.7 Å². The Hall–Kier alpha value is -3.81. The van der Waals surface area contributed by atoms with Crippen LogP contribution in [0.5, 0.6) is 0 Å². The number of hydrogen-bond acceptors (Lipinski definition) is 6. The summed E-state index contributed by atoms with van der Waals surface area (Å²) in [6, 6.07) is 17.2. The summed E-state index contributed by atoms with van der Waals surface area (Å²) in [5, 5.41) is 13.9. The molecule has 1 amide bonds. The van der Waals surface area contributed by atoms with Gasteiger partial charge < -0.3 is 9.73 Å². The molecule has 0 saturated carbocycles. The Labute approximate surface area is 154 Å². The van der Waals surface area contributed by atoms with Crippen LogP contribution in [0, 0.1) is 0 Å². The van der Waals surface area contributed by atoms with Crippen molar-refractivity contribution in [3.05, 3.63) is 66.4 Å². The number of aromatic nitrogens is 3. The second-order valence-electron chi connectivity index (χ2n) is 5.88. The molecule has 0 saturated heterocycles. The summed E-state index contributed by atoms with van der Waals surface area (Å²) < 4.78 is 12.4. The van der Waals surface area contributed by atoms with E-state index >= 15 is 0 Å². The fourth-order valence-corrected chi connectivity index (χ4v) is 2.72. The van der Waals surface area contributed by atoms with E-state index in [1.165, 1.54) is 6.92 Å². The molecule has 2 N–H and O–H groups in total. The van der Waals surface area contributed by atoms with Gasteiger partial charge in [-0.1, -0.05) is 30.3 Å². The number of furan rings is 1. The van der Waals surface area contributed by atoms with Crippen LogP contribution < -0.4 is 10.6 Å². The molecule has 1 aromatic carbocycles. The van der Waals surface area contributed by atoms with Crippen molar-refractivity contribution < 1.29 is 13.8 Å². The number of benzene rings is 1. The summed E-state index contributed by atoms with van der Waals surface area (Å²) in [5.74, 6) is 1.25. The minimum absolute atomic E-state index is 0.197. The maximum absolute atomic E-state index is 11.2. The molecule has 0 fully saturated rings. The first-order valence-electron chi connectivity index (χ1n) is 8.36. The van der Waals surface area contributed by atoms with Crippen LogP contribution in [0.1, 0.15) is 12.5 Å². The van der Waals surface area contributed by atoms with E-state index in [-0.39, 0.29) is 5.91 Å². The van der Waals surface area contributed by atoms with Crippen LogP contribution >= 0.6 is 0 Å². The number of nitrogens with one attached hydrogen (secondary N) is 2. The second kappa shape index (κ2) is 7.20. The van der Waals surface area contributed by atoms with E-state index in [0.717, 1.165) is 11.3 Å². The van der Waals surface area contributed by atoms with E-state index in [1.807, 2.05) is 48.7 Å². The molecule has 0 aliphatic carbocycles. The third-order valence-corrected chi connectivity index (χ3v) is 3.91. The molecule has 0 atom stereocenters. The average molecular weight is 363 g/mol. The minimum Gasteiger partial charge on any atom is -0.424 e. The Morgan fingerprint density at radius 2 is 1.93 bits per heavy atom. The van der Waals surface area contributed by atoms with Crippen molar-refractivity contribution in [2.75, 3.05) is 10.6 Å².